The third kappa shape index (κ3) is 2.34. The van der Waals surface area contributed by atoms with Gasteiger partial charge in [0, 0.05) is 12.8 Å². The Morgan fingerprint density at radius 2 is 2.10 bits per heavy atom. The Morgan fingerprint density at radius 1 is 1.20 bits per heavy atom. The van der Waals surface area contributed by atoms with Crippen LogP contribution in [0.15, 0.2) is 27.5 Å². The minimum atomic E-state index is 0.432. The highest BCUT2D eigenvalue weighted by atomic mass is 16.5. The summed E-state index contributed by atoms with van der Waals surface area (Å²) in [6.07, 6.45) is 4.78. The quantitative estimate of drug-likeness (QED) is 0.708. The van der Waals surface area contributed by atoms with Crippen LogP contribution < -0.4 is 0 Å². The van der Waals surface area contributed by atoms with Crippen LogP contribution in [0.3, 0.4) is 0 Å². The van der Waals surface area contributed by atoms with Gasteiger partial charge in [0.15, 0.2) is 5.82 Å². The summed E-state index contributed by atoms with van der Waals surface area (Å²) >= 11 is 0. The fourth-order valence-corrected chi connectivity index (χ4v) is 1.92. The Bertz CT molecular complexity index is 684. The number of furan rings is 1. The predicted octanol–water partition coefficient (Wildman–Crippen LogP) is 2.09. The summed E-state index contributed by atoms with van der Waals surface area (Å²) in [6.45, 7) is 4.51. The summed E-state index contributed by atoms with van der Waals surface area (Å²) in [5.74, 6) is 2.77. The van der Waals surface area contributed by atoms with Crippen LogP contribution in [0.1, 0.15) is 31.4 Å². The Hall–Kier alpha value is -2.44. The van der Waals surface area contributed by atoms with E-state index in [4.69, 9.17) is 8.94 Å². The Balaban J connectivity index is 1.83. The molecule has 0 bridgehead atoms. The van der Waals surface area contributed by atoms with E-state index in [-0.39, 0.29) is 0 Å². The van der Waals surface area contributed by atoms with Crippen LogP contribution in [0, 0.1) is 0 Å². The summed E-state index contributed by atoms with van der Waals surface area (Å²) in [6, 6.07) is 1.79. The molecule has 0 N–H and O–H groups in total. The number of rotatable bonds is 5. The van der Waals surface area contributed by atoms with E-state index in [9.17, 15) is 0 Å². The molecule has 0 amide bonds. The fraction of sp³-hybridized carbons (Fsp3) is 0.385. The van der Waals surface area contributed by atoms with E-state index >= 15 is 0 Å². The lowest BCUT2D eigenvalue weighted by Crippen LogP contribution is -2.06. The molecule has 7 nitrogen and oxygen atoms in total. The summed E-state index contributed by atoms with van der Waals surface area (Å²) in [5, 5.41) is 8.36. The van der Waals surface area contributed by atoms with Crippen molar-refractivity contribution >= 4 is 0 Å². The molecule has 0 aliphatic carbocycles. The molecule has 3 aromatic heterocycles. The van der Waals surface area contributed by atoms with Gasteiger partial charge in [0.2, 0.25) is 11.7 Å². The van der Waals surface area contributed by atoms with Crippen molar-refractivity contribution in [3.8, 4) is 11.4 Å². The summed E-state index contributed by atoms with van der Waals surface area (Å²) in [5.41, 5.74) is 0.795. The van der Waals surface area contributed by atoms with E-state index in [1.165, 1.54) is 0 Å². The van der Waals surface area contributed by atoms with Gasteiger partial charge in [-0.15, -0.1) is 0 Å². The zero-order valence-electron chi connectivity index (χ0n) is 11.4. The maximum Gasteiger partial charge on any atom is 0.248 e. The topological polar surface area (TPSA) is 82.8 Å². The van der Waals surface area contributed by atoms with Gasteiger partial charge in [-0.05, 0) is 6.07 Å². The Labute approximate surface area is 115 Å². The van der Waals surface area contributed by atoms with Gasteiger partial charge in [-0.1, -0.05) is 19.0 Å². The van der Waals surface area contributed by atoms with E-state index in [1.807, 2.05) is 18.5 Å². The minimum Gasteiger partial charge on any atom is -0.472 e. The van der Waals surface area contributed by atoms with Gasteiger partial charge < -0.3 is 8.94 Å². The average molecular weight is 273 g/mol. The maximum absolute atomic E-state index is 5.24. The molecule has 7 heteroatoms. The van der Waals surface area contributed by atoms with Crippen LogP contribution in [0.2, 0.25) is 0 Å². The van der Waals surface area contributed by atoms with Crippen molar-refractivity contribution in [2.45, 2.75) is 33.2 Å². The monoisotopic (exact) mass is 273 g/mol. The summed E-state index contributed by atoms with van der Waals surface area (Å²) in [4.78, 5) is 8.78. The normalized spacial score (nSPS) is 11.1. The van der Waals surface area contributed by atoms with Crippen molar-refractivity contribution in [3.63, 3.8) is 0 Å². The first-order chi connectivity index (χ1) is 9.80. The molecule has 0 saturated heterocycles. The third-order valence-electron chi connectivity index (χ3n) is 2.96. The van der Waals surface area contributed by atoms with Gasteiger partial charge in [0.1, 0.15) is 18.6 Å². The van der Waals surface area contributed by atoms with Gasteiger partial charge in [-0.2, -0.15) is 10.1 Å². The number of nitrogens with zero attached hydrogens (tertiary/aromatic N) is 5. The highest BCUT2D eigenvalue weighted by Crippen LogP contribution is 2.16. The van der Waals surface area contributed by atoms with Gasteiger partial charge >= 0.3 is 0 Å². The van der Waals surface area contributed by atoms with Gasteiger partial charge in [-0.25, -0.2) is 9.67 Å². The highest BCUT2D eigenvalue weighted by molar-refractivity contribution is 5.51. The lowest BCUT2D eigenvalue weighted by atomic mass is 10.3. The molecule has 104 valence electrons. The van der Waals surface area contributed by atoms with Crippen molar-refractivity contribution in [1.29, 1.82) is 0 Å². The van der Waals surface area contributed by atoms with Gasteiger partial charge in [0.25, 0.3) is 0 Å². The summed E-state index contributed by atoms with van der Waals surface area (Å²) in [7, 11) is 0. The van der Waals surface area contributed by atoms with Crippen LogP contribution in [-0.2, 0) is 19.4 Å². The number of hydrogen-bond acceptors (Lipinski definition) is 6. The van der Waals surface area contributed by atoms with Crippen LogP contribution in [0.25, 0.3) is 11.4 Å². The molecule has 3 rings (SSSR count). The van der Waals surface area contributed by atoms with Crippen molar-refractivity contribution in [2.24, 2.45) is 0 Å². The molecule has 20 heavy (non-hydrogen) atoms. The smallest absolute Gasteiger partial charge is 0.248 e. The fourth-order valence-electron chi connectivity index (χ4n) is 1.92. The molecule has 0 atom stereocenters. The van der Waals surface area contributed by atoms with Crippen LogP contribution in [0.4, 0.5) is 0 Å². The first kappa shape index (κ1) is 12.6. The highest BCUT2D eigenvalue weighted by Gasteiger charge is 2.13. The van der Waals surface area contributed by atoms with Crippen molar-refractivity contribution in [1.82, 2.24) is 24.9 Å². The third-order valence-corrected chi connectivity index (χ3v) is 2.96. The molecule has 0 radical (unpaired) electrons. The number of aromatic nitrogens is 5. The molecule has 0 aliphatic rings. The number of aryl methyl sites for hydroxylation is 2. The zero-order chi connectivity index (χ0) is 13.9. The Morgan fingerprint density at radius 3 is 2.80 bits per heavy atom. The molecule has 0 aliphatic heterocycles. The van der Waals surface area contributed by atoms with Crippen molar-refractivity contribution < 1.29 is 8.94 Å². The molecule has 3 aromatic rings. The molecule has 0 aromatic carbocycles. The molecule has 0 saturated carbocycles. The van der Waals surface area contributed by atoms with Crippen molar-refractivity contribution in [2.75, 3.05) is 0 Å². The van der Waals surface area contributed by atoms with Crippen LogP contribution in [0.5, 0.6) is 0 Å². The average Bonchev–Trinajstić information content (AvgIpc) is 3.19. The van der Waals surface area contributed by atoms with Gasteiger partial charge in [-0.3, -0.25) is 0 Å². The molecule has 0 spiro atoms. The van der Waals surface area contributed by atoms with E-state index in [0.29, 0.717) is 18.3 Å². The lowest BCUT2D eigenvalue weighted by Gasteiger charge is -1.99. The largest absolute Gasteiger partial charge is 0.472 e. The lowest BCUT2D eigenvalue weighted by molar-refractivity contribution is 0.363. The first-order valence-corrected chi connectivity index (χ1v) is 6.58. The predicted molar refractivity (Wildman–Crippen MR) is 69.9 cm³/mol. The second-order valence-electron chi connectivity index (χ2n) is 4.33. The Kier molecular flexibility index (Phi) is 3.32. The van der Waals surface area contributed by atoms with E-state index in [2.05, 4.69) is 20.2 Å². The maximum atomic E-state index is 5.24. The second-order valence-corrected chi connectivity index (χ2v) is 4.33. The first-order valence-electron chi connectivity index (χ1n) is 6.58. The summed E-state index contributed by atoms with van der Waals surface area (Å²) < 4.78 is 12.1. The number of hydrogen-bond donors (Lipinski definition) is 0. The molecular formula is C13H15N5O2. The second kappa shape index (κ2) is 5.28. The zero-order valence-corrected chi connectivity index (χ0v) is 11.4. The van der Waals surface area contributed by atoms with Crippen LogP contribution >= 0.6 is 0 Å². The van der Waals surface area contributed by atoms with E-state index in [1.54, 1.807) is 18.6 Å². The van der Waals surface area contributed by atoms with Gasteiger partial charge in [0.05, 0.1) is 11.8 Å². The SMILES string of the molecule is CCc1nc(CC)n(Cc2nc(-c3ccoc3)no2)n1. The van der Waals surface area contributed by atoms with E-state index < -0.39 is 0 Å². The molecule has 0 unspecified atom stereocenters. The molecular weight excluding hydrogens is 258 g/mol. The minimum absolute atomic E-state index is 0.432. The van der Waals surface area contributed by atoms with E-state index in [0.717, 1.165) is 30.1 Å². The van der Waals surface area contributed by atoms with Crippen LogP contribution in [-0.4, -0.2) is 24.9 Å². The molecule has 3 heterocycles. The standard InChI is InChI=1S/C13H15N5O2/c1-3-10-14-11(4-2)18(16-10)7-12-15-13(17-20-12)9-5-6-19-8-9/h5-6,8H,3-4,7H2,1-2H3. The molecule has 0 fully saturated rings. The van der Waals surface area contributed by atoms with Crippen molar-refractivity contribution in [3.05, 3.63) is 36.1 Å².